The number of hydrogen-bond acceptors (Lipinski definition) is 3. The summed E-state index contributed by atoms with van der Waals surface area (Å²) in [6.45, 7) is 1.95. The largest absolute Gasteiger partial charge is 0.481 e. The van der Waals surface area contributed by atoms with Gasteiger partial charge in [-0.1, -0.05) is 0 Å². The van der Waals surface area contributed by atoms with E-state index in [9.17, 15) is 22.8 Å². The quantitative estimate of drug-likeness (QED) is 0.767. The van der Waals surface area contributed by atoms with Crippen molar-refractivity contribution >= 4 is 12.0 Å². The molecule has 2 N–H and O–H groups in total. The van der Waals surface area contributed by atoms with Gasteiger partial charge in [0.05, 0.1) is 17.9 Å². The number of hydrogen-bond donors (Lipinski definition) is 2. The molecule has 1 aliphatic heterocycles. The molecular weight excluding hydrogens is 329 g/mol. The molecule has 0 aromatic rings. The maximum atomic E-state index is 12.9. The van der Waals surface area contributed by atoms with E-state index in [1.807, 2.05) is 6.92 Å². The first kappa shape index (κ1) is 18.8. The van der Waals surface area contributed by atoms with Gasteiger partial charge in [-0.15, -0.1) is 0 Å². The van der Waals surface area contributed by atoms with Gasteiger partial charge in [0.2, 0.25) is 0 Å². The molecule has 1 saturated carbocycles. The monoisotopic (exact) mass is 352 g/mol. The third-order valence-electron chi connectivity index (χ3n) is 4.77. The average Bonchev–Trinajstić information content (AvgIpc) is 2.89. The third kappa shape index (κ3) is 4.52. The van der Waals surface area contributed by atoms with Crippen molar-refractivity contribution in [1.82, 2.24) is 10.2 Å². The fraction of sp³-hybridized carbons (Fsp3) is 0.867. The Morgan fingerprint density at radius 1 is 1.29 bits per heavy atom. The Morgan fingerprint density at radius 2 is 1.96 bits per heavy atom. The van der Waals surface area contributed by atoms with Crippen molar-refractivity contribution in [2.24, 2.45) is 17.8 Å². The molecule has 138 valence electrons. The lowest BCUT2D eigenvalue weighted by Gasteiger charge is -2.35. The zero-order valence-electron chi connectivity index (χ0n) is 13.5. The number of halogens is 3. The lowest BCUT2D eigenvalue weighted by atomic mass is 9.80. The maximum Gasteiger partial charge on any atom is 0.394 e. The minimum Gasteiger partial charge on any atom is -0.481 e. The first-order valence-electron chi connectivity index (χ1n) is 8.16. The van der Waals surface area contributed by atoms with Crippen molar-refractivity contribution < 1.29 is 32.6 Å². The molecule has 9 heteroatoms. The van der Waals surface area contributed by atoms with E-state index < -0.39 is 43.1 Å². The van der Waals surface area contributed by atoms with E-state index in [2.05, 4.69) is 5.32 Å². The number of amides is 2. The van der Waals surface area contributed by atoms with Crippen molar-refractivity contribution in [3.63, 3.8) is 0 Å². The summed E-state index contributed by atoms with van der Waals surface area (Å²) < 4.78 is 44.1. The Kier molecular flexibility index (Phi) is 5.95. The number of urea groups is 1. The SMILES string of the molecule is CCOC1CC(CCNC(=O)N2C[C@@H](C(F)(F)F)[C@H](C(=O)O)C2)C1. The molecule has 2 atom stereocenters. The fourth-order valence-corrected chi connectivity index (χ4v) is 3.33. The zero-order chi connectivity index (χ0) is 17.9. The number of alkyl halides is 3. The summed E-state index contributed by atoms with van der Waals surface area (Å²) in [6.07, 6.45) is -1.74. The van der Waals surface area contributed by atoms with Crippen molar-refractivity contribution in [3.8, 4) is 0 Å². The Hall–Kier alpha value is -1.51. The summed E-state index contributed by atoms with van der Waals surface area (Å²) in [5.74, 6) is -4.69. The predicted molar refractivity (Wildman–Crippen MR) is 78.4 cm³/mol. The number of likely N-dealkylation sites (tertiary alicyclic amines) is 1. The van der Waals surface area contributed by atoms with E-state index in [1.54, 1.807) is 0 Å². The van der Waals surface area contributed by atoms with Gasteiger partial charge in [0.25, 0.3) is 0 Å². The molecule has 2 aliphatic rings. The number of nitrogens with one attached hydrogen (secondary N) is 1. The molecule has 2 amide bonds. The first-order valence-corrected chi connectivity index (χ1v) is 8.16. The molecule has 2 fully saturated rings. The zero-order valence-corrected chi connectivity index (χ0v) is 13.5. The van der Waals surface area contributed by atoms with Gasteiger partial charge in [-0.2, -0.15) is 13.2 Å². The molecule has 24 heavy (non-hydrogen) atoms. The molecule has 0 unspecified atom stereocenters. The molecule has 6 nitrogen and oxygen atoms in total. The number of carbonyl (C=O) groups excluding carboxylic acids is 1. The van der Waals surface area contributed by atoms with Crippen LogP contribution in [0.1, 0.15) is 26.2 Å². The van der Waals surface area contributed by atoms with E-state index in [4.69, 9.17) is 9.84 Å². The summed E-state index contributed by atoms with van der Waals surface area (Å²) >= 11 is 0. The van der Waals surface area contributed by atoms with Gasteiger partial charge < -0.3 is 20.1 Å². The highest BCUT2D eigenvalue weighted by Crippen LogP contribution is 2.37. The summed E-state index contributed by atoms with van der Waals surface area (Å²) in [5.41, 5.74) is 0. The minimum atomic E-state index is -4.63. The number of aliphatic carboxylic acids is 1. The lowest BCUT2D eigenvalue weighted by molar-refractivity contribution is -0.187. The van der Waals surface area contributed by atoms with Crippen LogP contribution in [0, 0.1) is 17.8 Å². The summed E-state index contributed by atoms with van der Waals surface area (Å²) in [5, 5.41) is 11.5. The van der Waals surface area contributed by atoms with Crippen molar-refractivity contribution in [3.05, 3.63) is 0 Å². The van der Waals surface area contributed by atoms with Crippen LogP contribution < -0.4 is 5.32 Å². The summed E-state index contributed by atoms with van der Waals surface area (Å²) in [4.78, 5) is 23.9. The number of carboxylic acid groups (broad SMARTS) is 1. The van der Waals surface area contributed by atoms with Crippen LogP contribution in [0.2, 0.25) is 0 Å². The molecule has 1 saturated heterocycles. The fourth-order valence-electron chi connectivity index (χ4n) is 3.33. The average molecular weight is 352 g/mol. The van der Waals surface area contributed by atoms with Gasteiger partial charge in [-0.25, -0.2) is 4.79 Å². The molecule has 1 heterocycles. The van der Waals surface area contributed by atoms with Gasteiger partial charge in [0.15, 0.2) is 0 Å². The van der Waals surface area contributed by atoms with E-state index in [1.165, 1.54) is 0 Å². The highest BCUT2D eigenvalue weighted by molar-refractivity contribution is 5.77. The van der Waals surface area contributed by atoms with Gasteiger partial charge in [0.1, 0.15) is 0 Å². The second kappa shape index (κ2) is 7.58. The Bertz CT molecular complexity index is 466. The third-order valence-corrected chi connectivity index (χ3v) is 4.77. The van der Waals surface area contributed by atoms with Crippen LogP contribution in [0.5, 0.6) is 0 Å². The van der Waals surface area contributed by atoms with Gasteiger partial charge in [-0.05, 0) is 32.1 Å². The van der Waals surface area contributed by atoms with Gasteiger partial charge in [0, 0.05) is 26.2 Å². The second-order valence-electron chi connectivity index (χ2n) is 6.43. The van der Waals surface area contributed by atoms with Crippen LogP contribution in [0.3, 0.4) is 0 Å². The van der Waals surface area contributed by atoms with E-state index in [0.29, 0.717) is 19.1 Å². The highest BCUT2D eigenvalue weighted by atomic mass is 19.4. The van der Waals surface area contributed by atoms with Crippen LogP contribution in [0.15, 0.2) is 0 Å². The summed E-state index contributed by atoms with van der Waals surface area (Å²) in [7, 11) is 0. The molecule has 2 rings (SSSR count). The van der Waals surface area contributed by atoms with Gasteiger partial charge in [-0.3, -0.25) is 4.79 Å². The Balaban J connectivity index is 1.74. The second-order valence-corrected chi connectivity index (χ2v) is 6.43. The molecule has 0 aromatic carbocycles. The Labute approximate surface area is 138 Å². The van der Waals surface area contributed by atoms with Crippen molar-refractivity contribution in [2.45, 2.75) is 38.5 Å². The normalized spacial score (nSPS) is 30.1. The summed E-state index contributed by atoms with van der Waals surface area (Å²) in [6, 6.07) is -0.631. The molecular formula is C15H23F3N2O4. The molecule has 0 spiro atoms. The number of rotatable bonds is 6. The minimum absolute atomic E-state index is 0.276. The molecule has 0 aromatic heterocycles. The number of carbonyl (C=O) groups is 2. The molecule has 1 aliphatic carbocycles. The Morgan fingerprint density at radius 3 is 2.46 bits per heavy atom. The maximum absolute atomic E-state index is 12.9. The van der Waals surface area contributed by atoms with Gasteiger partial charge >= 0.3 is 18.2 Å². The number of carboxylic acids is 1. The highest BCUT2D eigenvalue weighted by Gasteiger charge is 2.53. The number of nitrogens with zero attached hydrogens (tertiary/aromatic N) is 1. The van der Waals surface area contributed by atoms with E-state index >= 15 is 0 Å². The predicted octanol–water partition coefficient (Wildman–Crippen LogP) is 2.10. The lowest BCUT2D eigenvalue weighted by Crippen LogP contribution is -2.41. The smallest absolute Gasteiger partial charge is 0.394 e. The van der Waals surface area contributed by atoms with Crippen LogP contribution in [-0.4, -0.2) is 60.5 Å². The van der Waals surface area contributed by atoms with Crippen LogP contribution in [0.25, 0.3) is 0 Å². The first-order chi connectivity index (χ1) is 11.2. The molecule has 0 bridgehead atoms. The molecule has 0 radical (unpaired) electrons. The van der Waals surface area contributed by atoms with Crippen LogP contribution in [-0.2, 0) is 9.53 Å². The standard InChI is InChI=1S/C15H23F3N2O4/c1-2-24-10-5-9(6-10)3-4-19-14(23)20-7-11(13(21)22)12(8-20)15(16,17)18/h9-12H,2-8H2,1H3,(H,19,23)(H,21,22)/t9?,10?,11-,12-/m1/s1. The van der Waals surface area contributed by atoms with Crippen molar-refractivity contribution in [2.75, 3.05) is 26.2 Å². The van der Waals surface area contributed by atoms with Crippen LogP contribution in [0.4, 0.5) is 18.0 Å². The van der Waals surface area contributed by atoms with Crippen molar-refractivity contribution in [1.29, 1.82) is 0 Å². The van der Waals surface area contributed by atoms with Crippen LogP contribution >= 0.6 is 0 Å². The van der Waals surface area contributed by atoms with E-state index in [0.717, 1.165) is 24.2 Å². The number of ether oxygens (including phenoxy) is 1. The topological polar surface area (TPSA) is 78.9 Å². The van der Waals surface area contributed by atoms with E-state index in [-0.39, 0.29) is 6.10 Å².